The minimum atomic E-state index is -0.381. The Labute approximate surface area is 276 Å². The summed E-state index contributed by atoms with van der Waals surface area (Å²) in [5.74, 6) is -0.744. The fourth-order valence-electron chi connectivity index (χ4n) is 7.05. The van der Waals surface area contributed by atoms with E-state index < -0.39 is 0 Å². The van der Waals surface area contributed by atoms with Crippen LogP contribution in [0.5, 0.6) is 0 Å². The molecule has 48 heavy (non-hydrogen) atoms. The van der Waals surface area contributed by atoms with Gasteiger partial charge in [-0.15, -0.1) is 11.3 Å². The number of thiophene rings is 1. The molecule has 0 fully saturated rings. The fourth-order valence-corrected chi connectivity index (χ4v) is 8.17. The van der Waals surface area contributed by atoms with Gasteiger partial charge < -0.3 is 13.7 Å². The van der Waals surface area contributed by atoms with Crippen molar-refractivity contribution in [3.63, 3.8) is 0 Å². The maximum Gasteiger partial charge on any atom is 0.163 e. The van der Waals surface area contributed by atoms with Crippen molar-refractivity contribution >= 4 is 92.4 Å². The van der Waals surface area contributed by atoms with Crippen molar-refractivity contribution in [1.29, 1.82) is 0 Å². The van der Waals surface area contributed by atoms with Crippen molar-refractivity contribution in [3.8, 4) is 11.1 Å². The van der Waals surface area contributed by atoms with Gasteiger partial charge in [-0.2, -0.15) is 0 Å². The van der Waals surface area contributed by atoms with Crippen molar-refractivity contribution in [2.45, 2.75) is 0 Å². The Bertz CT molecular complexity index is 2870. The summed E-state index contributed by atoms with van der Waals surface area (Å²) >= 11 is 1.75. The van der Waals surface area contributed by atoms with E-state index in [1.165, 1.54) is 29.0 Å². The molecule has 0 atom stereocenters. The number of fused-ring (bicyclic) bond motifs is 10. The molecule has 0 aliphatic heterocycles. The zero-order valence-corrected chi connectivity index (χ0v) is 26.0. The van der Waals surface area contributed by atoms with Gasteiger partial charge in [-0.25, -0.2) is 8.78 Å². The Morgan fingerprint density at radius 1 is 0.458 bits per heavy atom. The summed E-state index contributed by atoms with van der Waals surface area (Å²) in [6.45, 7) is 0. The number of hydrogen-bond acceptors (Lipinski definition) is 4. The average molecular weight is 644 g/mol. The minimum absolute atomic E-state index is 0.363. The number of halogens is 2. The van der Waals surface area contributed by atoms with Gasteiger partial charge in [0.2, 0.25) is 0 Å². The SMILES string of the molecule is Fc1ccc2oc3c(cc(N(c4ccc(-c5ccccc5)cc4)c4cccc5sc6ccccc6c45)c4oc5ccc(F)cc5c43)c2c1. The summed E-state index contributed by atoms with van der Waals surface area (Å²) in [7, 11) is 0. The molecule has 0 radical (unpaired) electrons. The van der Waals surface area contributed by atoms with Crippen LogP contribution in [0, 0.1) is 11.6 Å². The molecule has 0 saturated heterocycles. The molecule has 10 aromatic rings. The molecule has 0 aliphatic carbocycles. The lowest BCUT2D eigenvalue weighted by Crippen LogP contribution is -2.10. The zero-order chi connectivity index (χ0) is 31.9. The van der Waals surface area contributed by atoms with Crippen LogP contribution in [-0.2, 0) is 0 Å². The maximum atomic E-state index is 14.8. The van der Waals surface area contributed by atoms with Crippen LogP contribution >= 0.6 is 11.3 Å². The van der Waals surface area contributed by atoms with Gasteiger partial charge in [0.1, 0.15) is 28.4 Å². The first kappa shape index (κ1) is 27.2. The van der Waals surface area contributed by atoms with Gasteiger partial charge in [0.15, 0.2) is 5.58 Å². The molecule has 0 unspecified atom stereocenters. The first-order chi connectivity index (χ1) is 23.6. The standard InChI is InChI=1S/C42H23F2NO2S/c43-26-15-19-35-30(21-26)31-23-34(42-40(41(31)46-35)32-22-27(44)16-20-36(32)47-42)45(28-17-13-25(14-18-28)24-7-2-1-3-8-24)33-10-6-12-38-39(33)29-9-4-5-11-37(29)48-38/h1-23H. The second-order valence-electron chi connectivity index (χ2n) is 12.0. The summed E-state index contributed by atoms with van der Waals surface area (Å²) in [6.07, 6.45) is 0. The molecular formula is C42H23F2NO2S. The van der Waals surface area contributed by atoms with E-state index >= 15 is 0 Å². The van der Waals surface area contributed by atoms with Crippen LogP contribution in [-0.4, -0.2) is 0 Å². The normalized spacial score (nSPS) is 12.0. The molecule has 0 saturated carbocycles. The predicted octanol–water partition coefficient (Wildman–Crippen LogP) is 13.3. The van der Waals surface area contributed by atoms with Crippen LogP contribution in [0.25, 0.3) is 75.2 Å². The second kappa shape index (κ2) is 10.3. The molecule has 3 heterocycles. The quantitative estimate of drug-likeness (QED) is 0.191. The number of anilines is 3. The van der Waals surface area contributed by atoms with Crippen LogP contribution in [0.2, 0.25) is 0 Å². The minimum Gasteiger partial charge on any atom is -0.455 e. The number of nitrogens with zero attached hydrogens (tertiary/aromatic N) is 1. The van der Waals surface area contributed by atoms with Gasteiger partial charge in [0.25, 0.3) is 0 Å². The van der Waals surface area contributed by atoms with E-state index in [-0.39, 0.29) is 11.6 Å². The zero-order valence-electron chi connectivity index (χ0n) is 25.2. The van der Waals surface area contributed by atoms with Gasteiger partial charge in [0, 0.05) is 42.0 Å². The van der Waals surface area contributed by atoms with Crippen molar-refractivity contribution in [1.82, 2.24) is 0 Å². The fraction of sp³-hybridized carbons (Fsp3) is 0. The van der Waals surface area contributed by atoms with Gasteiger partial charge >= 0.3 is 0 Å². The Balaban J connectivity index is 1.35. The van der Waals surface area contributed by atoms with Crippen molar-refractivity contribution < 1.29 is 17.6 Å². The van der Waals surface area contributed by atoms with Crippen LogP contribution in [0.4, 0.5) is 25.8 Å². The van der Waals surface area contributed by atoms with Crippen LogP contribution in [0.15, 0.2) is 148 Å². The molecule has 0 bridgehead atoms. The van der Waals surface area contributed by atoms with Crippen molar-refractivity contribution in [2.24, 2.45) is 0 Å². The lowest BCUT2D eigenvalue weighted by molar-refractivity contribution is 0.626. The van der Waals surface area contributed by atoms with Crippen molar-refractivity contribution in [3.05, 3.63) is 151 Å². The highest BCUT2D eigenvalue weighted by molar-refractivity contribution is 7.26. The molecule has 228 valence electrons. The summed E-state index contributed by atoms with van der Waals surface area (Å²) in [4.78, 5) is 2.20. The topological polar surface area (TPSA) is 29.5 Å². The molecule has 6 heteroatoms. The summed E-state index contributed by atoms with van der Waals surface area (Å²) in [5, 5.41) is 4.85. The molecule has 0 amide bonds. The first-order valence-electron chi connectivity index (χ1n) is 15.6. The second-order valence-corrected chi connectivity index (χ2v) is 13.0. The molecular weight excluding hydrogens is 621 g/mol. The average Bonchev–Trinajstić information content (AvgIpc) is 3.80. The maximum absolute atomic E-state index is 14.8. The van der Waals surface area contributed by atoms with E-state index in [9.17, 15) is 8.78 Å². The molecule has 0 spiro atoms. The molecule has 7 aromatic carbocycles. The van der Waals surface area contributed by atoms with Gasteiger partial charge in [0.05, 0.1) is 16.8 Å². The third kappa shape index (κ3) is 4.03. The number of furan rings is 2. The largest absolute Gasteiger partial charge is 0.455 e. The Kier molecular flexibility index (Phi) is 5.81. The lowest BCUT2D eigenvalue weighted by Gasteiger charge is -2.27. The number of benzene rings is 7. The third-order valence-corrected chi connectivity index (χ3v) is 10.3. The van der Waals surface area contributed by atoms with E-state index in [4.69, 9.17) is 8.83 Å². The first-order valence-corrected chi connectivity index (χ1v) is 16.4. The van der Waals surface area contributed by atoms with E-state index in [1.807, 2.05) is 24.3 Å². The van der Waals surface area contributed by atoms with Gasteiger partial charge in [-0.1, -0.05) is 66.7 Å². The highest BCUT2D eigenvalue weighted by Gasteiger charge is 2.26. The summed E-state index contributed by atoms with van der Waals surface area (Å²) < 4.78 is 44.9. The van der Waals surface area contributed by atoms with E-state index in [0.29, 0.717) is 43.9 Å². The van der Waals surface area contributed by atoms with Crippen molar-refractivity contribution in [2.75, 3.05) is 4.90 Å². The third-order valence-electron chi connectivity index (χ3n) is 9.17. The predicted molar refractivity (Wildman–Crippen MR) is 194 cm³/mol. The number of rotatable bonds is 4. The van der Waals surface area contributed by atoms with Gasteiger partial charge in [-0.05, 0) is 83.9 Å². The summed E-state index contributed by atoms with van der Waals surface area (Å²) in [5.41, 5.74) is 6.96. The van der Waals surface area contributed by atoms with Gasteiger partial charge in [-0.3, -0.25) is 0 Å². The highest BCUT2D eigenvalue weighted by Crippen LogP contribution is 2.50. The van der Waals surface area contributed by atoms with Crippen LogP contribution in [0.1, 0.15) is 0 Å². The Morgan fingerprint density at radius 2 is 1.12 bits per heavy atom. The molecule has 0 aliphatic rings. The molecule has 0 N–H and O–H groups in total. The Morgan fingerprint density at radius 3 is 1.94 bits per heavy atom. The highest BCUT2D eigenvalue weighted by atomic mass is 32.1. The molecule has 3 nitrogen and oxygen atoms in total. The van der Waals surface area contributed by atoms with E-state index in [0.717, 1.165) is 43.7 Å². The van der Waals surface area contributed by atoms with E-state index in [1.54, 1.807) is 23.5 Å². The van der Waals surface area contributed by atoms with Crippen LogP contribution in [0.3, 0.4) is 0 Å². The molecule has 3 aromatic heterocycles. The lowest BCUT2D eigenvalue weighted by atomic mass is 10.0. The van der Waals surface area contributed by atoms with Crippen LogP contribution < -0.4 is 4.90 Å². The Hall–Kier alpha value is -5.98. The molecule has 10 rings (SSSR count). The summed E-state index contributed by atoms with van der Waals surface area (Å²) in [6, 6.07) is 44.6. The number of hydrogen-bond donors (Lipinski definition) is 0. The monoisotopic (exact) mass is 643 g/mol. The van der Waals surface area contributed by atoms with E-state index in [2.05, 4.69) is 83.8 Å². The smallest absolute Gasteiger partial charge is 0.163 e.